The van der Waals surface area contributed by atoms with E-state index in [1.165, 1.54) is 0 Å². The first-order chi connectivity index (χ1) is 7.98. The largest absolute Gasteiger partial charge is 0.378 e. The maximum absolute atomic E-state index is 11.4. The predicted molar refractivity (Wildman–Crippen MR) is 69.2 cm³/mol. The van der Waals surface area contributed by atoms with Crippen LogP contribution in [0.25, 0.3) is 0 Å². The van der Waals surface area contributed by atoms with Crippen LogP contribution in [0.2, 0.25) is 0 Å². The molecule has 0 amide bonds. The summed E-state index contributed by atoms with van der Waals surface area (Å²) in [5.41, 5.74) is 1.91. The Balaban J connectivity index is 2.14. The van der Waals surface area contributed by atoms with Crippen LogP contribution in [-0.2, 0) is 9.84 Å². The molecule has 2 heterocycles. The molecule has 1 unspecified atom stereocenters. The van der Waals surface area contributed by atoms with Gasteiger partial charge in [0, 0.05) is 26.3 Å². The first-order valence-corrected chi connectivity index (χ1v) is 7.38. The zero-order chi connectivity index (χ0) is 12.5. The molecule has 1 aliphatic heterocycles. The molecule has 2 rings (SSSR count). The Kier molecular flexibility index (Phi) is 3.24. The Morgan fingerprint density at radius 1 is 1.47 bits per heavy atom. The summed E-state index contributed by atoms with van der Waals surface area (Å²) in [5, 5.41) is 3.26. The van der Waals surface area contributed by atoms with Crippen molar-refractivity contribution in [3.63, 3.8) is 0 Å². The minimum Gasteiger partial charge on any atom is -0.378 e. The van der Waals surface area contributed by atoms with Crippen molar-refractivity contribution in [1.29, 1.82) is 0 Å². The molecule has 5 nitrogen and oxygen atoms in total. The summed E-state index contributed by atoms with van der Waals surface area (Å²) >= 11 is 0. The Hall–Kier alpha value is -1.30. The lowest BCUT2D eigenvalue weighted by Crippen LogP contribution is -2.22. The summed E-state index contributed by atoms with van der Waals surface area (Å²) in [7, 11) is 1.06. The summed E-state index contributed by atoms with van der Waals surface area (Å²) < 4.78 is 22.8. The van der Waals surface area contributed by atoms with Crippen molar-refractivity contribution < 1.29 is 8.42 Å². The van der Waals surface area contributed by atoms with Gasteiger partial charge in [0.05, 0.1) is 29.1 Å². The van der Waals surface area contributed by atoms with Crippen LogP contribution in [0.5, 0.6) is 0 Å². The van der Waals surface area contributed by atoms with Gasteiger partial charge in [0.2, 0.25) is 0 Å². The fourth-order valence-electron chi connectivity index (χ4n) is 2.02. The number of pyridine rings is 1. The van der Waals surface area contributed by atoms with Crippen LogP contribution < -0.4 is 10.2 Å². The van der Waals surface area contributed by atoms with Gasteiger partial charge in [0.15, 0.2) is 9.84 Å². The highest BCUT2D eigenvalue weighted by Gasteiger charge is 2.28. The van der Waals surface area contributed by atoms with E-state index in [9.17, 15) is 8.42 Å². The second kappa shape index (κ2) is 4.52. The number of rotatable bonds is 3. The van der Waals surface area contributed by atoms with E-state index in [0.717, 1.165) is 11.4 Å². The number of nitrogens with zero attached hydrogens (tertiary/aromatic N) is 2. The quantitative estimate of drug-likeness (QED) is 0.863. The van der Waals surface area contributed by atoms with Gasteiger partial charge in [0.25, 0.3) is 0 Å². The van der Waals surface area contributed by atoms with Crippen LogP contribution in [0.4, 0.5) is 11.4 Å². The van der Waals surface area contributed by atoms with Gasteiger partial charge in [-0.25, -0.2) is 8.42 Å². The maximum Gasteiger partial charge on any atom is 0.152 e. The lowest BCUT2D eigenvalue weighted by Gasteiger charge is -2.20. The molecule has 1 N–H and O–H groups in total. The molecule has 1 aromatic heterocycles. The summed E-state index contributed by atoms with van der Waals surface area (Å²) in [6, 6.07) is 1.91. The van der Waals surface area contributed by atoms with Gasteiger partial charge in [-0.2, -0.15) is 0 Å². The van der Waals surface area contributed by atoms with Crippen molar-refractivity contribution in [2.75, 3.05) is 35.8 Å². The highest BCUT2D eigenvalue weighted by Crippen LogP contribution is 2.25. The number of nitrogens with one attached hydrogen (secondary N) is 1. The fraction of sp³-hybridized carbons (Fsp3) is 0.545. The second-order valence-corrected chi connectivity index (χ2v) is 6.76. The molecule has 0 aromatic carbocycles. The van der Waals surface area contributed by atoms with Gasteiger partial charge in [-0.3, -0.25) is 4.98 Å². The first-order valence-electron chi connectivity index (χ1n) is 5.56. The molecule has 0 spiro atoms. The molecular formula is C11H17N3O2S. The van der Waals surface area contributed by atoms with E-state index in [2.05, 4.69) is 10.3 Å². The van der Waals surface area contributed by atoms with Crippen LogP contribution in [0.1, 0.15) is 6.42 Å². The van der Waals surface area contributed by atoms with Gasteiger partial charge >= 0.3 is 0 Å². The van der Waals surface area contributed by atoms with Crippen molar-refractivity contribution in [2.45, 2.75) is 12.5 Å². The minimum atomic E-state index is -2.85. The summed E-state index contributed by atoms with van der Waals surface area (Å²) in [6.45, 7) is 0. The molecule has 1 saturated heterocycles. The smallest absolute Gasteiger partial charge is 0.152 e. The zero-order valence-corrected chi connectivity index (χ0v) is 10.9. The molecule has 0 aliphatic carbocycles. The lowest BCUT2D eigenvalue weighted by atomic mass is 10.2. The summed E-state index contributed by atoms with van der Waals surface area (Å²) in [5.74, 6) is 0.497. The summed E-state index contributed by atoms with van der Waals surface area (Å²) in [6.07, 6.45) is 4.14. The van der Waals surface area contributed by atoms with Crippen LogP contribution in [-0.4, -0.2) is 45.0 Å². The topological polar surface area (TPSA) is 62.3 Å². The highest BCUT2D eigenvalue weighted by molar-refractivity contribution is 7.91. The zero-order valence-electron chi connectivity index (χ0n) is 10.0. The minimum absolute atomic E-state index is 0.00269. The maximum atomic E-state index is 11.4. The monoisotopic (exact) mass is 255 g/mol. The molecule has 0 saturated carbocycles. The average Bonchev–Trinajstić information content (AvgIpc) is 2.58. The summed E-state index contributed by atoms with van der Waals surface area (Å²) in [4.78, 5) is 6.05. The standard InChI is InChI=1S/C11H17N3O2S/c1-14(2)11-3-5-12-7-10(11)13-9-4-6-17(15,16)8-9/h3,5,7,9,13H,4,6,8H2,1-2H3. The number of sulfone groups is 1. The second-order valence-electron chi connectivity index (χ2n) is 4.53. The van der Waals surface area contributed by atoms with E-state index in [4.69, 9.17) is 0 Å². The van der Waals surface area contributed by atoms with Gasteiger partial charge in [-0.05, 0) is 12.5 Å². The molecule has 0 radical (unpaired) electrons. The Morgan fingerprint density at radius 2 is 2.24 bits per heavy atom. The Morgan fingerprint density at radius 3 is 2.82 bits per heavy atom. The lowest BCUT2D eigenvalue weighted by molar-refractivity contribution is 0.602. The third-order valence-electron chi connectivity index (χ3n) is 2.87. The van der Waals surface area contributed by atoms with E-state index >= 15 is 0 Å². The SMILES string of the molecule is CN(C)c1ccncc1NC1CCS(=O)(=O)C1. The van der Waals surface area contributed by atoms with Crippen molar-refractivity contribution in [3.8, 4) is 0 Å². The van der Waals surface area contributed by atoms with Gasteiger partial charge in [-0.15, -0.1) is 0 Å². The predicted octanol–water partition coefficient (Wildman–Crippen LogP) is 0.747. The number of hydrogen-bond acceptors (Lipinski definition) is 5. The molecule has 1 atom stereocenters. The highest BCUT2D eigenvalue weighted by atomic mass is 32.2. The van der Waals surface area contributed by atoms with Crippen LogP contribution in [0, 0.1) is 0 Å². The van der Waals surface area contributed by atoms with E-state index < -0.39 is 9.84 Å². The first kappa shape index (κ1) is 12.2. The molecule has 1 fully saturated rings. The fourth-order valence-corrected chi connectivity index (χ4v) is 3.69. The number of anilines is 2. The van der Waals surface area contributed by atoms with Crippen LogP contribution >= 0.6 is 0 Å². The van der Waals surface area contributed by atoms with E-state index in [1.54, 1.807) is 12.4 Å². The van der Waals surface area contributed by atoms with Gasteiger partial charge in [-0.1, -0.05) is 0 Å². The van der Waals surface area contributed by atoms with Gasteiger partial charge < -0.3 is 10.2 Å². The molecule has 1 aromatic rings. The molecule has 6 heteroatoms. The molecule has 94 valence electrons. The van der Waals surface area contributed by atoms with E-state index in [0.29, 0.717) is 6.42 Å². The Bertz CT molecular complexity index is 499. The van der Waals surface area contributed by atoms with Crippen LogP contribution in [0.3, 0.4) is 0 Å². The molecule has 1 aliphatic rings. The molecule has 0 bridgehead atoms. The third-order valence-corrected chi connectivity index (χ3v) is 4.64. The number of hydrogen-bond donors (Lipinski definition) is 1. The van der Waals surface area contributed by atoms with Crippen molar-refractivity contribution in [2.24, 2.45) is 0 Å². The number of aromatic nitrogens is 1. The van der Waals surface area contributed by atoms with Crippen molar-refractivity contribution >= 4 is 21.2 Å². The van der Waals surface area contributed by atoms with Crippen molar-refractivity contribution in [3.05, 3.63) is 18.5 Å². The molecular weight excluding hydrogens is 238 g/mol. The normalized spacial score (nSPS) is 22.4. The van der Waals surface area contributed by atoms with Crippen LogP contribution in [0.15, 0.2) is 18.5 Å². The van der Waals surface area contributed by atoms with Gasteiger partial charge in [0.1, 0.15) is 0 Å². The average molecular weight is 255 g/mol. The molecule has 17 heavy (non-hydrogen) atoms. The van der Waals surface area contributed by atoms with E-state index in [1.807, 2.05) is 25.1 Å². The third kappa shape index (κ3) is 2.88. The van der Waals surface area contributed by atoms with Crippen molar-refractivity contribution in [1.82, 2.24) is 4.98 Å². The Labute approximate surface area is 102 Å². The van der Waals surface area contributed by atoms with E-state index in [-0.39, 0.29) is 17.5 Å².